The third-order valence-electron chi connectivity index (χ3n) is 2.51. The van der Waals surface area contributed by atoms with Gasteiger partial charge in [0.1, 0.15) is 5.82 Å². The molecule has 0 aliphatic heterocycles. The van der Waals surface area contributed by atoms with E-state index in [1.807, 2.05) is 0 Å². The first kappa shape index (κ1) is 8.16. The molecule has 0 aromatic carbocycles. The van der Waals surface area contributed by atoms with Crippen molar-refractivity contribution in [2.24, 2.45) is 5.92 Å². The van der Waals surface area contributed by atoms with Crippen molar-refractivity contribution in [1.82, 2.24) is 9.97 Å². The van der Waals surface area contributed by atoms with Crippen LogP contribution in [0.2, 0.25) is 0 Å². The van der Waals surface area contributed by atoms with Gasteiger partial charge in [0, 0.05) is 18.3 Å². The van der Waals surface area contributed by atoms with Crippen LogP contribution in [0, 0.1) is 5.92 Å². The second kappa shape index (κ2) is 3.12. The van der Waals surface area contributed by atoms with E-state index < -0.39 is 5.97 Å². The number of carbonyl (C=O) groups is 1. The van der Waals surface area contributed by atoms with E-state index in [0.29, 0.717) is 5.82 Å². The molecule has 0 bridgehead atoms. The van der Waals surface area contributed by atoms with E-state index in [4.69, 9.17) is 5.11 Å². The van der Waals surface area contributed by atoms with Crippen molar-refractivity contribution in [3.63, 3.8) is 0 Å². The maximum Gasteiger partial charge on any atom is 0.307 e. The largest absolute Gasteiger partial charge is 0.481 e. The molecular weight excluding hydrogens is 168 g/mol. The SMILES string of the molecule is O=C(O)[C@@H]1CC[C@H]1c1ncccn1. The molecule has 0 radical (unpaired) electrons. The molecule has 2 atom stereocenters. The van der Waals surface area contributed by atoms with Gasteiger partial charge in [-0.1, -0.05) is 0 Å². The zero-order chi connectivity index (χ0) is 9.26. The molecule has 4 heteroatoms. The number of carboxylic acid groups (broad SMARTS) is 1. The van der Waals surface area contributed by atoms with Crippen LogP contribution in [-0.4, -0.2) is 21.0 Å². The number of hydrogen-bond acceptors (Lipinski definition) is 3. The van der Waals surface area contributed by atoms with Crippen molar-refractivity contribution in [1.29, 1.82) is 0 Å². The highest BCUT2D eigenvalue weighted by atomic mass is 16.4. The van der Waals surface area contributed by atoms with Crippen molar-refractivity contribution >= 4 is 5.97 Å². The Hall–Kier alpha value is -1.45. The Morgan fingerprint density at radius 1 is 1.38 bits per heavy atom. The summed E-state index contributed by atoms with van der Waals surface area (Å²) in [5, 5.41) is 8.81. The topological polar surface area (TPSA) is 63.1 Å². The first-order chi connectivity index (χ1) is 6.29. The molecule has 1 aromatic heterocycles. The van der Waals surface area contributed by atoms with Crippen molar-refractivity contribution in [3.05, 3.63) is 24.3 Å². The number of carboxylic acids is 1. The zero-order valence-corrected chi connectivity index (χ0v) is 7.05. The number of rotatable bonds is 2. The van der Waals surface area contributed by atoms with Gasteiger partial charge in [-0.3, -0.25) is 4.79 Å². The van der Waals surface area contributed by atoms with Crippen LogP contribution in [0.4, 0.5) is 0 Å². The minimum atomic E-state index is -0.733. The maximum atomic E-state index is 10.7. The van der Waals surface area contributed by atoms with E-state index in [1.165, 1.54) is 0 Å². The highest BCUT2D eigenvalue weighted by Crippen LogP contribution is 2.40. The van der Waals surface area contributed by atoms with Gasteiger partial charge in [-0.05, 0) is 18.9 Å². The van der Waals surface area contributed by atoms with Crippen LogP contribution in [0.1, 0.15) is 24.6 Å². The van der Waals surface area contributed by atoms with Crippen molar-refractivity contribution < 1.29 is 9.90 Å². The van der Waals surface area contributed by atoms with E-state index in [1.54, 1.807) is 18.5 Å². The van der Waals surface area contributed by atoms with Crippen LogP contribution in [-0.2, 0) is 4.79 Å². The minimum absolute atomic E-state index is 0.0266. The van der Waals surface area contributed by atoms with Gasteiger partial charge >= 0.3 is 5.97 Å². The monoisotopic (exact) mass is 178 g/mol. The minimum Gasteiger partial charge on any atom is -0.481 e. The summed E-state index contributed by atoms with van der Waals surface area (Å²) in [6, 6.07) is 1.73. The van der Waals surface area contributed by atoms with Gasteiger partial charge in [0.15, 0.2) is 0 Å². The second-order valence-electron chi connectivity index (χ2n) is 3.24. The molecular formula is C9H10N2O2. The average Bonchev–Trinajstić information content (AvgIpc) is 2.02. The second-order valence-corrected chi connectivity index (χ2v) is 3.24. The molecule has 1 aliphatic carbocycles. The fourth-order valence-corrected chi connectivity index (χ4v) is 1.61. The molecule has 1 aromatic rings. The summed E-state index contributed by atoms with van der Waals surface area (Å²) in [7, 11) is 0. The molecule has 1 saturated carbocycles. The van der Waals surface area contributed by atoms with Crippen LogP contribution >= 0.6 is 0 Å². The Bertz CT molecular complexity index is 313. The number of hydrogen-bond donors (Lipinski definition) is 1. The third-order valence-corrected chi connectivity index (χ3v) is 2.51. The van der Waals surface area contributed by atoms with Gasteiger partial charge in [-0.2, -0.15) is 0 Å². The van der Waals surface area contributed by atoms with Gasteiger partial charge in [-0.15, -0.1) is 0 Å². The van der Waals surface area contributed by atoms with Crippen LogP contribution < -0.4 is 0 Å². The average molecular weight is 178 g/mol. The van der Waals surface area contributed by atoms with Crippen LogP contribution in [0.15, 0.2) is 18.5 Å². The lowest BCUT2D eigenvalue weighted by Crippen LogP contribution is -2.32. The molecule has 1 heterocycles. The lowest BCUT2D eigenvalue weighted by Gasteiger charge is -2.31. The van der Waals surface area contributed by atoms with E-state index in [0.717, 1.165) is 12.8 Å². The zero-order valence-electron chi connectivity index (χ0n) is 7.05. The quantitative estimate of drug-likeness (QED) is 0.735. The molecule has 0 spiro atoms. The first-order valence-corrected chi connectivity index (χ1v) is 4.29. The molecule has 13 heavy (non-hydrogen) atoms. The fraction of sp³-hybridized carbons (Fsp3) is 0.444. The van der Waals surface area contributed by atoms with Gasteiger partial charge in [-0.25, -0.2) is 9.97 Å². The summed E-state index contributed by atoms with van der Waals surface area (Å²) < 4.78 is 0. The Balaban J connectivity index is 2.15. The van der Waals surface area contributed by atoms with Gasteiger partial charge < -0.3 is 5.11 Å². The molecule has 0 saturated heterocycles. The molecule has 1 N–H and O–H groups in total. The molecule has 0 amide bonds. The molecule has 0 unspecified atom stereocenters. The standard InChI is InChI=1S/C9H10N2O2/c12-9(13)7-3-2-6(7)8-10-4-1-5-11-8/h1,4-7H,2-3H2,(H,12,13)/t6-,7-/m1/s1. The van der Waals surface area contributed by atoms with Gasteiger partial charge in [0.05, 0.1) is 5.92 Å². The Kier molecular flexibility index (Phi) is 1.96. The molecule has 1 fully saturated rings. The summed E-state index contributed by atoms with van der Waals surface area (Å²) in [4.78, 5) is 18.8. The smallest absolute Gasteiger partial charge is 0.307 e. The van der Waals surface area contributed by atoms with Gasteiger partial charge in [0.25, 0.3) is 0 Å². The molecule has 4 nitrogen and oxygen atoms in total. The Morgan fingerprint density at radius 3 is 2.54 bits per heavy atom. The summed E-state index contributed by atoms with van der Waals surface area (Å²) >= 11 is 0. The van der Waals surface area contributed by atoms with Crippen molar-refractivity contribution in [2.75, 3.05) is 0 Å². The fourth-order valence-electron chi connectivity index (χ4n) is 1.61. The first-order valence-electron chi connectivity index (χ1n) is 4.29. The number of aliphatic carboxylic acids is 1. The number of nitrogens with zero attached hydrogens (tertiary/aromatic N) is 2. The van der Waals surface area contributed by atoms with Crippen LogP contribution in [0.3, 0.4) is 0 Å². The lowest BCUT2D eigenvalue weighted by molar-refractivity contribution is -0.145. The Morgan fingerprint density at radius 2 is 2.08 bits per heavy atom. The molecule has 1 aliphatic rings. The summed E-state index contributed by atoms with van der Waals surface area (Å²) in [5.41, 5.74) is 0. The highest BCUT2D eigenvalue weighted by molar-refractivity contribution is 5.72. The van der Waals surface area contributed by atoms with Crippen LogP contribution in [0.25, 0.3) is 0 Å². The summed E-state index contributed by atoms with van der Waals surface area (Å²) in [5.74, 6) is -0.314. The Labute approximate surface area is 75.6 Å². The highest BCUT2D eigenvalue weighted by Gasteiger charge is 2.39. The van der Waals surface area contributed by atoms with E-state index in [-0.39, 0.29) is 11.8 Å². The maximum absolute atomic E-state index is 10.7. The van der Waals surface area contributed by atoms with Crippen LogP contribution in [0.5, 0.6) is 0 Å². The predicted octanol–water partition coefficient (Wildman–Crippen LogP) is 1.05. The van der Waals surface area contributed by atoms with Gasteiger partial charge in [0.2, 0.25) is 0 Å². The lowest BCUT2D eigenvalue weighted by atomic mass is 9.73. The van der Waals surface area contributed by atoms with Crippen molar-refractivity contribution in [2.45, 2.75) is 18.8 Å². The summed E-state index contributed by atoms with van der Waals surface area (Å²) in [6.45, 7) is 0. The summed E-state index contributed by atoms with van der Waals surface area (Å²) in [6.07, 6.45) is 4.94. The van der Waals surface area contributed by atoms with E-state index in [2.05, 4.69) is 9.97 Å². The molecule has 2 rings (SSSR count). The van der Waals surface area contributed by atoms with E-state index in [9.17, 15) is 4.79 Å². The van der Waals surface area contributed by atoms with E-state index >= 15 is 0 Å². The third kappa shape index (κ3) is 1.39. The van der Waals surface area contributed by atoms with Crippen molar-refractivity contribution in [3.8, 4) is 0 Å². The normalized spacial score (nSPS) is 26.5. The number of aromatic nitrogens is 2. The predicted molar refractivity (Wildman–Crippen MR) is 45.1 cm³/mol. The molecule has 68 valence electrons.